The van der Waals surface area contributed by atoms with Crippen LogP contribution in [0.15, 0.2) is 72.9 Å². The number of benzene rings is 3. The normalized spacial score (nSPS) is 12.1. The van der Waals surface area contributed by atoms with E-state index in [1.807, 2.05) is 68.6 Å². The van der Waals surface area contributed by atoms with E-state index in [0.29, 0.717) is 34.5 Å². The molecule has 1 atom stereocenters. The number of anilines is 2. The van der Waals surface area contributed by atoms with Crippen LogP contribution in [0.4, 0.5) is 15.9 Å². The van der Waals surface area contributed by atoms with Gasteiger partial charge in [-0.2, -0.15) is 5.10 Å². The van der Waals surface area contributed by atoms with Gasteiger partial charge in [0.1, 0.15) is 17.7 Å². The van der Waals surface area contributed by atoms with Crippen molar-refractivity contribution >= 4 is 33.9 Å². The predicted molar refractivity (Wildman–Crippen MR) is 139 cm³/mol. The second-order valence-corrected chi connectivity index (χ2v) is 8.72. The highest BCUT2D eigenvalue weighted by Gasteiger charge is 2.25. The van der Waals surface area contributed by atoms with Gasteiger partial charge in [0.05, 0.1) is 0 Å². The molecule has 2 heterocycles. The van der Waals surface area contributed by atoms with Crippen LogP contribution in [-0.2, 0) is 13.5 Å². The quantitative estimate of drug-likeness (QED) is 0.300. The molecule has 0 amide bonds. The summed E-state index contributed by atoms with van der Waals surface area (Å²) < 4.78 is 17.0. The molecule has 0 saturated carbocycles. The Hall–Kier alpha value is -3.97. The molecular weight excluding hydrogens is 463 g/mol. The van der Waals surface area contributed by atoms with Crippen molar-refractivity contribution in [1.29, 1.82) is 0 Å². The molecule has 0 spiro atoms. The molecule has 0 saturated heterocycles. The standard InChI is InChI=1S/C27H24ClFN6/c1-3-16-14-21(23(29)15-22(16)28)24(27-33-26(34-35(27)2)17-7-5-4-6-8-17)32-19-9-10-20-18(13-19)11-12-31-25(20)30/h4-15,24,32H,3H2,1-2H3,(H2,30,31). The number of hydrogen-bond acceptors (Lipinski definition) is 5. The number of hydrogen-bond donors (Lipinski definition) is 2. The fraction of sp³-hybridized carbons (Fsp3) is 0.148. The fourth-order valence-corrected chi connectivity index (χ4v) is 4.49. The Morgan fingerprint density at radius 1 is 1.09 bits per heavy atom. The predicted octanol–water partition coefficient (Wildman–Crippen LogP) is 6.17. The van der Waals surface area contributed by atoms with Crippen molar-refractivity contribution in [3.8, 4) is 11.4 Å². The van der Waals surface area contributed by atoms with Crippen LogP contribution in [0.3, 0.4) is 0 Å². The Bertz CT molecular complexity index is 1520. The average molecular weight is 487 g/mol. The molecule has 8 heteroatoms. The van der Waals surface area contributed by atoms with Crippen LogP contribution in [0.2, 0.25) is 5.02 Å². The van der Waals surface area contributed by atoms with Crippen LogP contribution in [0.5, 0.6) is 0 Å². The maximum atomic E-state index is 15.4. The van der Waals surface area contributed by atoms with E-state index in [1.165, 1.54) is 6.07 Å². The van der Waals surface area contributed by atoms with Crippen LogP contribution in [0.1, 0.15) is 29.9 Å². The lowest BCUT2D eigenvalue weighted by atomic mass is 10.00. The lowest BCUT2D eigenvalue weighted by Gasteiger charge is -2.21. The highest BCUT2D eigenvalue weighted by Crippen LogP contribution is 2.33. The van der Waals surface area contributed by atoms with Gasteiger partial charge in [-0.15, -0.1) is 0 Å². The molecule has 35 heavy (non-hydrogen) atoms. The number of aromatic nitrogens is 4. The largest absolute Gasteiger partial charge is 0.383 e. The first kappa shape index (κ1) is 22.8. The number of fused-ring (bicyclic) bond motifs is 1. The minimum Gasteiger partial charge on any atom is -0.383 e. The number of nitrogens with zero attached hydrogens (tertiary/aromatic N) is 4. The smallest absolute Gasteiger partial charge is 0.181 e. The maximum absolute atomic E-state index is 15.4. The third-order valence-corrected chi connectivity index (χ3v) is 6.40. The van der Waals surface area contributed by atoms with E-state index in [9.17, 15) is 0 Å². The summed E-state index contributed by atoms with van der Waals surface area (Å²) in [6.45, 7) is 1.99. The number of aryl methyl sites for hydroxylation is 2. The summed E-state index contributed by atoms with van der Waals surface area (Å²) in [5.74, 6) is 1.18. The van der Waals surface area contributed by atoms with Crippen molar-refractivity contribution in [3.63, 3.8) is 0 Å². The molecule has 0 aliphatic carbocycles. The molecule has 0 fully saturated rings. The molecule has 5 aromatic rings. The molecule has 0 bridgehead atoms. The fourth-order valence-electron chi connectivity index (χ4n) is 4.20. The molecule has 3 N–H and O–H groups in total. The van der Waals surface area contributed by atoms with Gasteiger partial charge in [0.2, 0.25) is 0 Å². The zero-order valence-electron chi connectivity index (χ0n) is 19.3. The monoisotopic (exact) mass is 486 g/mol. The number of nitrogens with two attached hydrogens (primary N) is 1. The zero-order chi connectivity index (χ0) is 24.5. The second-order valence-electron chi connectivity index (χ2n) is 8.31. The van der Waals surface area contributed by atoms with E-state index in [-0.39, 0.29) is 0 Å². The highest BCUT2D eigenvalue weighted by atomic mass is 35.5. The van der Waals surface area contributed by atoms with Crippen LogP contribution in [0, 0.1) is 5.82 Å². The van der Waals surface area contributed by atoms with Crippen LogP contribution < -0.4 is 11.1 Å². The van der Waals surface area contributed by atoms with Crippen molar-refractivity contribution < 1.29 is 4.39 Å². The molecule has 6 nitrogen and oxygen atoms in total. The molecule has 2 aromatic heterocycles. The van der Waals surface area contributed by atoms with Crippen LogP contribution in [-0.4, -0.2) is 19.7 Å². The Balaban J connectivity index is 1.64. The van der Waals surface area contributed by atoms with Crippen LogP contribution >= 0.6 is 11.6 Å². The number of pyridine rings is 1. The number of nitrogens with one attached hydrogen (secondary N) is 1. The van der Waals surface area contributed by atoms with E-state index < -0.39 is 11.9 Å². The molecule has 0 radical (unpaired) electrons. The summed E-state index contributed by atoms with van der Waals surface area (Å²) in [6, 6.07) is 19.9. The van der Waals surface area contributed by atoms with Gasteiger partial charge < -0.3 is 11.1 Å². The maximum Gasteiger partial charge on any atom is 0.181 e. The molecule has 1 unspecified atom stereocenters. The first-order valence-electron chi connectivity index (χ1n) is 11.3. The van der Waals surface area contributed by atoms with Crippen molar-refractivity contribution in [2.45, 2.75) is 19.4 Å². The van der Waals surface area contributed by atoms with Gasteiger partial charge in [-0.05, 0) is 53.8 Å². The van der Waals surface area contributed by atoms with Gasteiger partial charge in [0.25, 0.3) is 0 Å². The summed E-state index contributed by atoms with van der Waals surface area (Å²) in [7, 11) is 1.81. The van der Waals surface area contributed by atoms with Gasteiger partial charge in [0.15, 0.2) is 11.6 Å². The summed E-state index contributed by atoms with van der Waals surface area (Å²) in [6.07, 6.45) is 2.34. The summed E-state index contributed by atoms with van der Waals surface area (Å²) >= 11 is 6.30. The molecule has 0 aliphatic heterocycles. The lowest BCUT2D eigenvalue weighted by molar-refractivity contribution is 0.590. The molecular formula is C27H24ClFN6. The number of nitrogen functional groups attached to an aromatic ring is 1. The van der Waals surface area contributed by atoms with Crippen molar-refractivity contribution in [2.75, 3.05) is 11.1 Å². The topological polar surface area (TPSA) is 81.7 Å². The van der Waals surface area contributed by atoms with E-state index in [2.05, 4.69) is 15.4 Å². The SMILES string of the molecule is CCc1cc(C(Nc2ccc3c(N)nccc3c2)c2nc(-c3ccccc3)nn2C)c(F)cc1Cl. The lowest BCUT2D eigenvalue weighted by Crippen LogP contribution is -2.19. The minimum absolute atomic E-state index is 0.407. The summed E-state index contributed by atoms with van der Waals surface area (Å²) in [5.41, 5.74) is 8.98. The van der Waals surface area contributed by atoms with E-state index in [1.54, 1.807) is 16.9 Å². The van der Waals surface area contributed by atoms with E-state index in [0.717, 1.165) is 27.6 Å². The third kappa shape index (κ3) is 4.42. The van der Waals surface area contributed by atoms with Gasteiger partial charge in [-0.1, -0.05) is 48.9 Å². The molecule has 3 aromatic carbocycles. The number of rotatable bonds is 6. The van der Waals surface area contributed by atoms with Crippen molar-refractivity contribution in [2.24, 2.45) is 7.05 Å². The minimum atomic E-state index is -0.621. The Morgan fingerprint density at radius 3 is 2.66 bits per heavy atom. The average Bonchev–Trinajstić information content (AvgIpc) is 3.25. The van der Waals surface area contributed by atoms with Gasteiger partial charge >= 0.3 is 0 Å². The highest BCUT2D eigenvalue weighted by molar-refractivity contribution is 6.31. The first-order valence-corrected chi connectivity index (χ1v) is 11.7. The summed E-state index contributed by atoms with van der Waals surface area (Å²) in [4.78, 5) is 8.96. The second kappa shape index (κ2) is 9.35. The Morgan fingerprint density at radius 2 is 1.89 bits per heavy atom. The summed E-state index contributed by atoms with van der Waals surface area (Å²) in [5, 5.41) is 10.3. The van der Waals surface area contributed by atoms with Crippen molar-refractivity contribution in [3.05, 3.63) is 101 Å². The van der Waals surface area contributed by atoms with Crippen LogP contribution in [0.25, 0.3) is 22.2 Å². The Kier molecular flexibility index (Phi) is 6.09. The van der Waals surface area contributed by atoms with Gasteiger partial charge in [-0.25, -0.2) is 14.4 Å². The van der Waals surface area contributed by atoms with Gasteiger partial charge in [-0.3, -0.25) is 4.68 Å². The van der Waals surface area contributed by atoms with Crippen molar-refractivity contribution in [1.82, 2.24) is 19.7 Å². The molecule has 5 rings (SSSR count). The molecule has 0 aliphatic rings. The van der Waals surface area contributed by atoms with Gasteiger partial charge in [0, 0.05) is 40.5 Å². The first-order chi connectivity index (χ1) is 16.9. The third-order valence-electron chi connectivity index (χ3n) is 6.05. The number of halogens is 2. The zero-order valence-corrected chi connectivity index (χ0v) is 20.1. The molecule has 176 valence electrons. The Labute approximate surface area is 207 Å². The van der Waals surface area contributed by atoms with E-state index >= 15 is 4.39 Å². The van der Waals surface area contributed by atoms with E-state index in [4.69, 9.17) is 22.3 Å².